The van der Waals surface area contributed by atoms with Gasteiger partial charge in [0.1, 0.15) is 23.6 Å². The molecule has 0 radical (unpaired) electrons. The Morgan fingerprint density at radius 1 is 0.980 bits per heavy atom. The second kappa shape index (κ2) is 19.9. The highest BCUT2D eigenvalue weighted by molar-refractivity contribution is 8.01. The zero-order valence-electron chi connectivity index (χ0n) is 30.0. The van der Waals surface area contributed by atoms with Gasteiger partial charge in [-0.15, -0.1) is 23.5 Å². The van der Waals surface area contributed by atoms with Gasteiger partial charge in [0.25, 0.3) is 5.91 Å². The molecule has 4 rings (SSSR count). The Labute approximate surface area is 315 Å². The van der Waals surface area contributed by atoms with Gasteiger partial charge < -0.3 is 30.5 Å². The molecule has 0 aliphatic carbocycles. The lowest BCUT2D eigenvalue weighted by atomic mass is 9.91. The highest BCUT2D eigenvalue weighted by Crippen LogP contribution is 2.52. The van der Waals surface area contributed by atoms with Crippen molar-refractivity contribution in [2.45, 2.75) is 91.8 Å². The molecule has 0 saturated carbocycles. The van der Waals surface area contributed by atoms with Gasteiger partial charge in [-0.25, -0.2) is 4.79 Å². The van der Waals surface area contributed by atoms with E-state index in [9.17, 15) is 24.6 Å². The summed E-state index contributed by atoms with van der Waals surface area (Å²) in [5.74, 6) is -1.22. The first kappa shape index (κ1) is 40.3. The van der Waals surface area contributed by atoms with Crippen molar-refractivity contribution in [1.29, 1.82) is 0 Å². The maximum Gasteiger partial charge on any atom is 0.326 e. The number of amides is 2. The van der Waals surface area contributed by atoms with Crippen LogP contribution in [0.4, 0.5) is 11.4 Å². The number of thioether (sulfide) groups is 3. The lowest BCUT2D eigenvalue weighted by molar-refractivity contribution is -0.142. The number of carbonyl (C=O) groups excluding carboxylic acids is 2. The summed E-state index contributed by atoms with van der Waals surface area (Å²) in [7, 11) is 0. The van der Waals surface area contributed by atoms with Crippen LogP contribution in [0, 0.1) is 0 Å². The number of carboxylic acid groups (broad SMARTS) is 1. The van der Waals surface area contributed by atoms with Crippen LogP contribution in [-0.2, 0) is 14.4 Å². The molecule has 3 aromatic carbocycles. The van der Waals surface area contributed by atoms with E-state index in [-0.39, 0.29) is 23.5 Å². The predicted octanol–water partition coefficient (Wildman–Crippen LogP) is 8.43. The number of aliphatic carboxylic acids is 1. The Balaban J connectivity index is 1.62. The molecule has 276 valence electrons. The summed E-state index contributed by atoms with van der Waals surface area (Å²) in [4.78, 5) is 43.2. The molecule has 0 bridgehead atoms. The highest BCUT2D eigenvalue weighted by Gasteiger charge is 2.36. The number of nitrogens with one attached hydrogen (secondary N) is 2. The minimum Gasteiger partial charge on any atom is -0.508 e. The Hall–Kier alpha value is -3.48. The number of hydrogen-bond acceptors (Lipinski definition) is 9. The highest BCUT2D eigenvalue weighted by atomic mass is 32.2. The van der Waals surface area contributed by atoms with Crippen molar-refractivity contribution in [2.75, 3.05) is 36.3 Å². The number of benzene rings is 3. The smallest absolute Gasteiger partial charge is 0.326 e. The number of rotatable bonds is 19. The topological polar surface area (TPSA) is 128 Å². The normalized spacial score (nSPS) is 14.9. The van der Waals surface area contributed by atoms with E-state index in [4.69, 9.17) is 4.74 Å². The van der Waals surface area contributed by atoms with E-state index in [1.165, 1.54) is 36.0 Å². The fraction of sp³-hybridized carbons (Fsp3) is 0.462. The van der Waals surface area contributed by atoms with Crippen molar-refractivity contribution >= 4 is 64.4 Å². The molecule has 51 heavy (non-hydrogen) atoms. The van der Waals surface area contributed by atoms with Crippen LogP contribution in [0.15, 0.2) is 76.5 Å². The number of ether oxygens (including phenoxy) is 1. The third-order valence-corrected chi connectivity index (χ3v) is 12.1. The summed E-state index contributed by atoms with van der Waals surface area (Å²) in [6, 6.07) is 18.3. The van der Waals surface area contributed by atoms with Crippen LogP contribution < -0.4 is 20.3 Å². The quantitative estimate of drug-likeness (QED) is 0.0886. The van der Waals surface area contributed by atoms with Gasteiger partial charge in [-0.05, 0) is 85.9 Å². The first-order valence-corrected chi connectivity index (χ1v) is 21.0. The molecule has 1 aliphatic rings. The van der Waals surface area contributed by atoms with E-state index in [1.54, 1.807) is 11.8 Å². The number of anilines is 2. The second-order valence-corrected chi connectivity index (χ2v) is 16.1. The molecule has 0 aromatic heterocycles. The molecule has 12 heteroatoms. The minimum absolute atomic E-state index is 0.000799. The average molecular weight is 754 g/mol. The Morgan fingerprint density at radius 3 is 2.27 bits per heavy atom. The third-order valence-electron chi connectivity index (χ3n) is 9.07. The van der Waals surface area contributed by atoms with Crippen LogP contribution in [0.5, 0.6) is 11.5 Å². The van der Waals surface area contributed by atoms with E-state index in [2.05, 4.69) is 65.8 Å². The second-order valence-electron chi connectivity index (χ2n) is 12.8. The van der Waals surface area contributed by atoms with Crippen LogP contribution >= 0.6 is 35.3 Å². The van der Waals surface area contributed by atoms with Gasteiger partial charge in [-0.3, -0.25) is 9.59 Å². The molecule has 0 saturated heterocycles. The molecule has 3 aromatic rings. The summed E-state index contributed by atoms with van der Waals surface area (Å²) in [5, 5.41) is 24.9. The molecule has 1 aliphatic heterocycles. The van der Waals surface area contributed by atoms with Gasteiger partial charge in [0.15, 0.2) is 6.61 Å². The molecular formula is C39H51N3O6S3. The molecule has 0 unspecified atom stereocenters. The van der Waals surface area contributed by atoms with Gasteiger partial charge in [0, 0.05) is 21.9 Å². The summed E-state index contributed by atoms with van der Waals surface area (Å²) < 4.78 is 6.32. The van der Waals surface area contributed by atoms with Gasteiger partial charge in [-0.2, -0.15) is 11.8 Å². The number of carbonyl (C=O) groups is 3. The number of aromatic hydroxyl groups is 1. The molecule has 4 N–H and O–H groups in total. The first-order valence-electron chi connectivity index (χ1n) is 17.6. The maximum atomic E-state index is 13.5. The average Bonchev–Trinajstić information content (AvgIpc) is 3.29. The Kier molecular flexibility index (Phi) is 15.8. The summed E-state index contributed by atoms with van der Waals surface area (Å²) >= 11 is 4.97. The SMILES string of the molecule is CCCCC1(CCCC)CCN(c2ccccc2)c2cc(SC)c(OCC(=O)N[C@@H](C(=O)N[C@@H](CCSC)C(=O)O)c3ccc(O)cc3)cc2S1. The molecule has 0 fully saturated rings. The van der Waals surface area contributed by atoms with Crippen molar-refractivity contribution in [2.24, 2.45) is 0 Å². The van der Waals surface area contributed by atoms with Gasteiger partial charge >= 0.3 is 5.97 Å². The van der Waals surface area contributed by atoms with E-state index in [0.29, 0.717) is 17.1 Å². The molecule has 2 atom stereocenters. The molecule has 0 spiro atoms. The number of phenolic OH excluding ortho intramolecular Hbond substituents is 1. The molecular weight excluding hydrogens is 703 g/mol. The number of carboxylic acids is 1. The van der Waals surface area contributed by atoms with Gasteiger partial charge in [-0.1, -0.05) is 69.9 Å². The predicted molar refractivity (Wildman–Crippen MR) is 211 cm³/mol. The van der Waals surface area contributed by atoms with E-state index < -0.39 is 29.9 Å². The van der Waals surface area contributed by atoms with Crippen molar-refractivity contribution < 1.29 is 29.3 Å². The Bertz CT molecular complexity index is 1580. The van der Waals surface area contributed by atoms with E-state index in [0.717, 1.165) is 72.7 Å². The van der Waals surface area contributed by atoms with Gasteiger partial charge in [0.05, 0.1) is 10.6 Å². The monoisotopic (exact) mass is 753 g/mol. The molecule has 2 amide bonds. The number of fused-ring (bicyclic) bond motifs is 1. The third kappa shape index (κ3) is 11.3. The van der Waals surface area contributed by atoms with Crippen molar-refractivity contribution in [3.05, 3.63) is 72.3 Å². The van der Waals surface area contributed by atoms with Crippen molar-refractivity contribution in [3.8, 4) is 11.5 Å². The zero-order chi connectivity index (χ0) is 36.8. The minimum atomic E-state index is -1.20. The largest absolute Gasteiger partial charge is 0.508 e. The van der Waals surface area contributed by atoms with Crippen molar-refractivity contribution in [3.63, 3.8) is 0 Å². The van der Waals surface area contributed by atoms with Crippen LogP contribution in [0.1, 0.15) is 76.8 Å². The number of unbranched alkanes of at least 4 members (excludes halogenated alkanes) is 2. The van der Waals surface area contributed by atoms with Crippen LogP contribution in [-0.4, -0.2) is 70.2 Å². The van der Waals surface area contributed by atoms with Crippen molar-refractivity contribution in [1.82, 2.24) is 10.6 Å². The Morgan fingerprint density at radius 2 is 1.67 bits per heavy atom. The fourth-order valence-corrected chi connectivity index (χ4v) is 8.84. The lowest BCUT2D eigenvalue weighted by Crippen LogP contribution is -2.48. The standard InChI is InChI=1S/C39H51N3O6S3/c1-5-7-19-39(20-8-6-2)21-22-42(28-12-10-9-11-13-28)31-24-34(50-4)32(25-33(31)51-39)48-26-35(44)41-36(27-14-16-29(43)17-15-27)37(45)40-30(38(46)47)18-23-49-3/h9-17,24-25,30,36,43H,5-8,18-23,26H2,1-4H3,(H,40,45)(H,41,44)(H,46,47)/t30-,36+/m0/s1. The first-order chi connectivity index (χ1) is 24.6. The van der Waals surface area contributed by atoms with E-state index in [1.807, 2.05) is 30.3 Å². The van der Waals surface area contributed by atoms with E-state index >= 15 is 0 Å². The van der Waals surface area contributed by atoms with Crippen LogP contribution in [0.25, 0.3) is 0 Å². The zero-order valence-corrected chi connectivity index (χ0v) is 32.4. The number of para-hydroxylation sites is 1. The lowest BCUT2D eigenvalue weighted by Gasteiger charge is -2.32. The summed E-state index contributed by atoms with van der Waals surface area (Å²) in [5.41, 5.74) is 2.66. The molecule has 9 nitrogen and oxygen atoms in total. The number of hydrogen-bond donors (Lipinski definition) is 4. The summed E-state index contributed by atoms with van der Waals surface area (Å²) in [6.45, 7) is 5.03. The van der Waals surface area contributed by atoms with Gasteiger partial charge in [0.2, 0.25) is 5.91 Å². The number of phenols is 1. The number of nitrogens with zero attached hydrogens (tertiary/aromatic N) is 1. The molecule has 1 heterocycles. The maximum absolute atomic E-state index is 13.5. The van der Waals surface area contributed by atoms with Crippen LogP contribution in [0.2, 0.25) is 0 Å². The summed E-state index contributed by atoms with van der Waals surface area (Å²) in [6.07, 6.45) is 12.0. The fourth-order valence-electron chi connectivity index (χ4n) is 6.23. The van der Waals surface area contributed by atoms with Crippen LogP contribution in [0.3, 0.4) is 0 Å².